The summed E-state index contributed by atoms with van der Waals surface area (Å²) in [7, 11) is 0. The minimum Gasteiger partial charge on any atom is -0.386 e. The summed E-state index contributed by atoms with van der Waals surface area (Å²) in [5.41, 5.74) is 1.01. The third-order valence-electron chi connectivity index (χ3n) is 5.47. The van der Waals surface area contributed by atoms with Crippen molar-refractivity contribution >= 4 is 10.9 Å². The SMILES string of the molecule is OC1C=CCC1(O)CC(NC1CCC1)c1ccc2cccnc2c1. The molecule has 2 aliphatic carbocycles. The summed E-state index contributed by atoms with van der Waals surface area (Å²) < 4.78 is 0. The second-order valence-electron chi connectivity index (χ2n) is 7.19. The minimum absolute atomic E-state index is 0.0151. The van der Waals surface area contributed by atoms with Crippen LogP contribution in [0, 0.1) is 0 Å². The van der Waals surface area contributed by atoms with Crippen LogP contribution in [0.5, 0.6) is 0 Å². The molecule has 4 rings (SSSR count). The Morgan fingerprint density at radius 2 is 2.17 bits per heavy atom. The van der Waals surface area contributed by atoms with Crippen molar-refractivity contribution in [1.29, 1.82) is 0 Å². The lowest BCUT2D eigenvalue weighted by molar-refractivity contribution is -0.0544. The summed E-state index contributed by atoms with van der Waals surface area (Å²) in [6, 6.07) is 10.8. The van der Waals surface area contributed by atoms with Crippen LogP contribution in [0.1, 0.15) is 43.7 Å². The molecule has 2 aliphatic rings. The number of hydrogen-bond acceptors (Lipinski definition) is 4. The van der Waals surface area contributed by atoms with Crippen LogP contribution in [0.2, 0.25) is 0 Å². The van der Waals surface area contributed by atoms with Gasteiger partial charge in [-0.15, -0.1) is 0 Å². The molecule has 1 fully saturated rings. The largest absolute Gasteiger partial charge is 0.386 e. The van der Waals surface area contributed by atoms with Gasteiger partial charge in [0.1, 0.15) is 6.10 Å². The number of pyridine rings is 1. The summed E-state index contributed by atoms with van der Waals surface area (Å²) in [4.78, 5) is 4.45. The van der Waals surface area contributed by atoms with Crippen molar-refractivity contribution in [3.63, 3.8) is 0 Å². The normalized spacial score (nSPS) is 28.2. The Morgan fingerprint density at radius 1 is 1.29 bits per heavy atom. The van der Waals surface area contributed by atoms with E-state index in [2.05, 4.69) is 34.6 Å². The van der Waals surface area contributed by atoms with Crippen molar-refractivity contribution in [3.05, 3.63) is 54.2 Å². The zero-order chi connectivity index (χ0) is 16.6. The number of aliphatic hydroxyl groups excluding tert-OH is 1. The fourth-order valence-corrected chi connectivity index (χ4v) is 3.69. The molecule has 0 saturated heterocycles. The molecule has 3 atom stereocenters. The van der Waals surface area contributed by atoms with Gasteiger partial charge in [-0.1, -0.05) is 36.8 Å². The molecule has 0 amide bonds. The summed E-state index contributed by atoms with van der Waals surface area (Å²) in [5, 5.41) is 25.8. The van der Waals surface area contributed by atoms with Gasteiger partial charge in [-0.2, -0.15) is 0 Å². The number of aromatic nitrogens is 1. The van der Waals surface area contributed by atoms with E-state index in [0.717, 1.165) is 16.5 Å². The number of nitrogens with zero attached hydrogens (tertiary/aromatic N) is 1. The second-order valence-corrected chi connectivity index (χ2v) is 7.19. The van der Waals surface area contributed by atoms with E-state index in [4.69, 9.17) is 0 Å². The number of aliphatic hydroxyl groups is 2. The molecule has 1 heterocycles. The van der Waals surface area contributed by atoms with Crippen molar-refractivity contribution in [2.45, 2.75) is 55.9 Å². The molecule has 24 heavy (non-hydrogen) atoms. The molecule has 0 bridgehead atoms. The van der Waals surface area contributed by atoms with Gasteiger partial charge in [-0.05, 0) is 43.4 Å². The van der Waals surface area contributed by atoms with Gasteiger partial charge in [-0.25, -0.2) is 0 Å². The van der Waals surface area contributed by atoms with Crippen molar-refractivity contribution in [3.8, 4) is 0 Å². The fourth-order valence-electron chi connectivity index (χ4n) is 3.69. The number of rotatable bonds is 5. The van der Waals surface area contributed by atoms with Crippen LogP contribution in [-0.2, 0) is 0 Å². The first kappa shape index (κ1) is 15.8. The number of benzene rings is 1. The van der Waals surface area contributed by atoms with Gasteiger partial charge in [0.05, 0.1) is 11.1 Å². The maximum Gasteiger partial charge on any atom is 0.101 e. The van der Waals surface area contributed by atoms with Crippen LogP contribution in [0.15, 0.2) is 48.7 Å². The summed E-state index contributed by atoms with van der Waals surface area (Å²) >= 11 is 0. The molecular formula is C20H24N2O2. The highest BCUT2D eigenvalue weighted by molar-refractivity contribution is 5.79. The molecule has 3 unspecified atom stereocenters. The highest BCUT2D eigenvalue weighted by Crippen LogP contribution is 2.35. The van der Waals surface area contributed by atoms with Gasteiger partial charge in [0.2, 0.25) is 0 Å². The first-order valence-electron chi connectivity index (χ1n) is 8.82. The van der Waals surface area contributed by atoms with E-state index in [1.54, 1.807) is 12.3 Å². The Morgan fingerprint density at radius 3 is 2.88 bits per heavy atom. The molecule has 1 aromatic carbocycles. The monoisotopic (exact) mass is 324 g/mol. The van der Waals surface area contributed by atoms with Crippen LogP contribution in [0.3, 0.4) is 0 Å². The predicted molar refractivity (Wildman–Crippen MR) is 94.6 cm³/mol. The number of hydrogen-bond donors (Lipinski definition) is 3. The molecule has 0 spiro atoms. The van der Waals surface area contributed by atoms with E-state index < -0.39 is 11.7 Å². The van der Waals surface area contributed by atoms with Crippen LogP contribution >= 0.6 is 0 Å². The highest BCUT2D eigenvalue weighted by Gasteiger charge is 2.39. The maximum absolute atomic E-state index is 10.8. The van der Waals surface area contributed by atoms with Gasteiger partial charge < -0.3 is 15.5 Å². The third kappa shape index (κ3) is 2.97. The van der Waals surface area contributed by atoms with E-state index in [0.29, 0.717) is 18.9 Å². The second kappa shape index (κ2) is 6.28. The topological polar surface area (TPSA) is 65.4 Å². The molecule has 126 valence electrons. The van der Waals surface area contributed by atoms with Crippen LogP contribution < -0.4 is 5.32 Å². The first-order valence-corrected chi connectivity index (χ1v) is 8.82. The molecule has 0 aliphatic heterocycles. The molecule has 4 nitrogen and oxygen atoms in total. The zero-order valence-corrected chi connectivity index (χ0v) is 13.7. The van der Waals surface area contributed by atoms with E-state index in [-0.39, 0.29) is 6.04 Å². The van der Waals surface area contributed by atoms with Crippen LogP contribution in [0.25, 0.3) is 10.9 Å². The third-order valence-corrected chi connectivity index (χ3v) is 5.47. The van der Waals surface area contributed by atoms with Crippen LogP contribution in [-0.4, -0.2) is 32.9 Å². The Hall–Kier alpha value is -1.75. The van der Waals surface area contributed by atoms with Gasteiger partial charge in [-0.3, -0.25) is 4.98 Å². The lowest BCUT2D eigenvalue weighted by Gasteiger charge is -2.36. The molecule has 1 aromatic heterocycles. The van der Waals surface area contributed by atoms with E-state index in [9.17, 15) is 10.2 Å². The smallest absolute Gasteiger partial charge is 0.101 e. The average molecular weight is 324 g/mol. The van der Waals surface area contributed by atoms with E-state index >= 15 is 0 Å². The number of nitrogens with one attached hydrogen (secondary N) is 1. The Kier molecular flexibility index (Phi) is 4.12. The van der Waals surface area contributed by atoms with E-state index in [1.165, 1.54) is 19.3 Å². The highest BCUT2D eigenvalue weighted by atomic mass is 16.3. The van der Waals surface area contributed by atoms with Gasteiger partial charge in [0.25, 0.3) is 0 Å². The van der Waals surface area contributed by atoms with Crippen molar-refractivity contribution < 1.29 is 10.2 Å². The van der Waals surface area contributed by atoms with Gasteiger partial charge >= 0.3 is 0 Å². The maximum atomic E-state index is 10.8. The lowest BCUT2D eigenvalue weighted by Crippen LogP contribution is -2.45. The quantitative estimate of drug-likeness (QED) is 0.740. The van der Waals surface area contributed by atoms with Crippen molar-refractivity contribution in [2.75, 3.05) is 0 Å². The molecule has 3 N–H and O–H groups in total. The Bertz CT molecular complexity index is 756. The fraction of sp³-hybridized carbons (Fsp3) is 0.450. The predicted octanol–water partition coefficient (Wildman–Crippen LogP) is 2.86. The summed E-state index contributed by atoms with van der Waals surface area (Å²) in [6.45, 7) is 0. The summed E-state index contributed by atoms with van der Waals surface area (Å²) in [5.74, 6) is 0. The summed E-state index contributed by atoms with van der Waals surface area (Å²) in [6.07, 6.45) is 9.20. The Labute approximate surface area is 142 Å². The van der Waals surface area contributed by atoms with Gasteiger partial charge in [0.15, 0.2) is 0 Å². The van der Waals surface area contributed by atoms with E-state index in [1.807, 2.05) is 12.1 Å². The molecule has 1 saturated carbocycles. The minimum atomic E-state index is -1.08. The molecule has 0 radical (unpaired) electrons. The number of fused-ring (bicyclic) bond motifs is 1. The van der Waals surface area contributed by atoms with Crippen molar-refractivity contribution in [2.24, 2.45) is 0 Å². The van der Waals surface area contributed by atoms with Gasteiger partial charge in [0, 0.05) is 23.7 Å². The standard InChI is InChI=1S/C20H24N2O2/c23-19-7-2-10-20(19,24)13-18(22-16-5-1-6-16)15-9-8-14-4-3-11-21-17(14)12-15/h2-4,7-9,11-12,16,18-19,22-24H,1,5-6,10,13H2. The lowest BCUT2D eigenvalue weighted by atomic mass is 9.85. The molecule has 4 heteroatoms. The zero-order valence-electron chi connectivity index (χ0n) is 13.7. The first-order chi connectivity index (χ1) is 11.6. The molecular weight excluding hydrogens is 300 g/mol. The molecule has 2 aromatic rings. The average Bonchev–Trinajstić information content (AvgIpc) is 2.88. The van der Waals surface area contributed by atoms with Crippen molar-refractivity contribution in [1.82, 2.24) is 10.3 Å². The van der Waals surface area contributed by atoms with Crippen LogP contribution in [0.4, 0.5) is 0 Å². The Balaban J connectivity index is 1.63.